The van der Waals surface area contributed by atoms with Gasteiger partial charge in [0.1, 0.15) is 5.82 Å². The number of nitrogens with two attached hydrogens (primary N) is 1. The largest absolute Gasteiger partial charge is 0.324 e. The van der Waals surface area contributed by atoms with Crippen molar-refractivity contribution < 1.29 is 4.39 Å². The molecule has 21 heavy (non-hydrogen) atoms. The lowest BCUT2D eigenvalue weighted by atomic mass is 9.98. The van der Waals surface area contributed by atoms with E-state index in [4.69, 9.17) is 5.73 Å². The van der Waals surface area contributed by atoms with Crippen molar-refractivity contribution in [2.24, 2.45) is 5.73 Å². The number of rotatable bonds is 5. The molecule has 0 bridgehead atoms. The molecule has 1 aromatic carbocycles. The number of aryl methyl sites for hydroxylation is 3. The van der Waals surface area contributed by atoms with Gasteiger partial charge in [-0.3, -0.25) is 4.68 Å². The topological polar surface area (TPSA) is 43.8 Å². The van der Waals surface area contributed by atoms with Crippen LogP contribution in [0.25, 0.3) is 0 Å². The van der Waals surface area contributed by atoms with Crippen LogP contribution >= 0.6 is 15.9 Å². The van der Waals surface area contributed by atoms with Crippen LogP contribution in [0.3, 0.4) is 0 Å². The fourth-order valence-electron chi connectivity index (χ4n) is 2.59. The highest BCUT2D eigenvalue weighted by molar-refractivity contribution is 9.10. The zero-order valence-electron chi connectivity index (χ0n) is 12.7. The van der Waals surface area contributed by atoms with Gasteiger partial charge in [-0.1, -0.05) is 13.0 Å². The van der Waals surface area contributed by atoms with Gasteiger partial charge in [-0.2, -0.15) is 5.10 Å². The summed E-state index contributed by atoms with van der Waals surface area (Å²) in [6.07, 6.45) is 1.55. The molecule has 114 valence electrons. The van der Waals surface area contributed by atoms with Gasteiger partial charge in [0.15, 0.2) is 0 Å². The SMILES string of the molecule is CCc1nn(CC)c(CC(N)c2ccc(F)cc2C)c1Br. The molecule has 5 heteroatoms. The molecule has 1 heterocycles. The molecule has 0 aliphatic heterocycles. The van der Waals surface area contributed by atoms with Gasteiger partial charge in [0, 0.05) is 19.0 Å². The molecule has 0 amide bonds. The Morgan fingerprint density at radius 2 is 2.10 bits per heavy atom. The van der Waals surface area contributed by atoms with E-state index in [1.54, 1.807) is 6.07 Å². The molecule has 0 saturated heterocycles. The zero-order chi connectivity index (χ0) is 15.6. The summed E-state index contributed by atoms with van der Waals surface area (Å²) in [7, 11) is 0. The number of benzene rings is 1. The summed E-state index contributed by atoms with van der Waals surface area (Å²) >= 11 is 3.64. The maximum Gasteiger partial charge on any atom is 0.123 e. The molecule has 2 N–H and O–H groups in total. The quantitative estimate of drug-likeness (QED) is 0.885. The molecular formula is C16H21BrFN3. The van der Waals surface area contributed by atoms with Crippen LogP contribution in [-0.4, -0.2) is 9.78 Å². The second-order valence-corrected chi connectivity index (χ2v) is 5.98. The lowest BCUT2D eigenvalue weighted by Crippen LogP contribution is -2.17. The molecule has 1 unspecified atom stereocenters. The van der Waals surface area contributed by atoms with Gasteiger partial charge < -0.3 is 5.73 Å². The molecule has 0 radical (unpaired) electrons. The van der Waals surface area contributed by atoms with E-state index >= 15 is 0 Å². The maximum absolute atomic E-state index is 13.2. The van der Waals surface area contributed by atoms with E-state index in [1.807, 2.05) is 11.6 Å². The summed E-state index contributed by atoms with van der Waals surface area (Å²) in [5.41, 5.74) is 10.4. The van der Waals surface area contributed by atoms with E-state index in [0.29, 0.717) is 6.42 Å². The van der Waals surface area contributed by atoms with Gasteiger partial charge in [0.25, 0.3) is 0 Å². The minimum atomic E-state index is -0.225. The fraction of sp³-hybridized carbons (Fsp3) is 0.438. The highest BCUT2D eigenvalue weighted by atomic mass is 79.9. The number of hydrogen-bond acceptors (Lipinski definition) is 2. The van der Waals surface area contributed by atoms with Crippen LogP contribution in [0.5, 0.6) is 0 Å². The molecule has 3 nitrogen and oxygen atoms in total. The summed E-state index contributed by atoms with van der Waals surface area (Å²) in [5, 5.41) is 4.58. The van der Waals surface area contributed by atoms with E-state index < -0.39 is 0 Å². The molecule has 0 aliphatic rings. The van der Waals surface area contributed by atoms with Gasteiger partial charge in [0.05, 0.1) is 15.9 Å². The smallest absolute Gasteiger partial charge is 0.123 e. The third kappa shape index (κ3) is 3.35. The Labute approximate surface area is 133 Å². The van der Waals surface area contributed by atoms with Crippen LogP contribution in [0, 0.1) is 12.7 Å². The van der Waals surface area contributed by atoms with Crippen LogP contribution in [-0.2, 0) is 19.4 Å². The summed E-state index contributed by atoms with van der Waals surface area (Å²) in [6, 6.07) is 4.59. The molecule has 1 aromatic heterocycles. The Morgan fingerprint density at radius 1 is 1.38 bits per heavy atom. The second-order valence-electron chi connectivity index (χ2n) is 5.19. The van der Waals surface area contributed by atoms with Crippen molar-refractivity contribution >= 4 is 15.9 Å². The normalized spacial score (nSPS) is 12.7. The van der Waals surface area contributed by atoms with Gasteiger partial charge in [0.2, 0.25) is 0 Å². The van der Waals surface area contributed by atoms with Gasteiger partial charge in [-0.05, 0) is 59.5 Å². The van der Waals surface area contributed by atoms with Crippen LogP contribution in [0.15, 0.2) is 22.7 Å². The molecule has 0 fully saturated rings. The first kappa shape index (κ1) is 16.2. The van der Waals surface area contributed by atoms with Gasteiger partial charge in [-0.15, -0.1) is 0 Å². The minimum absolute atomic E-state index is 0.173. The Bertz CT molecular complexity index is 637. The summed E-state index contributed by atoms with van der Waals surface area (Å²) in [4.78, 5) is 0. The number of nitrogens with zero attached hydrogens (tertiary/aromatic N) is 2. The standard InChI is InChI=1S/C16H21BrFN3/c1-4-14-16(17)15(21(5-2)20-14)9-13(19)12-7-6-11(18)8-10(12)3/h6-8,13H,4-5,9,19H2,1-3H3. The summed E-state index contributed by atoms with van der Waals surface area (Å²) < 4.78 is 16.2. The molecule has 0 spiro atoms. The number of aromatic nitrogens is 2. The number of halogens is 2. The molecule has 2 aromatic rings. The second kappa shape index (κ2) is 6.71. The molecule has 0 aliphatic carbocycles. The maximum atomic E-state index is 13.2. The third-order valence-electron chi connectivity index (χ3n) is 3.74. The van der Waals surface area contributed by atoms with Crippen molar-refractivity contribution in [2.75, 3.05) is 0 Å². The monoisotopic (exact) mass is 353 g/mol. The number of hydrogen-bond donors (Lipinski definition) is 1. The summed E-state index contributed by atoms with van der Waals surface area (Å²) in [5.74, 6) is -0.225. The molecule has 0 saturated carbocycles. The highest BCUT2D eigenvalue weighted by Crippen LogP contribution is 2.27. The Balaban J connectivity index is 2.31. The van der Waals surface area contributed by atoms with E-state index in [0.717, 1.165) is 40.0 Å². The average molecular weight is 354 g/mol. The van der Waals surface area contributed by atoms with E-state index in [9.17, 15) is 4.39 Å². The first-order chi connectivity index (χ1) is 9.97. The predicted octanol–water partition coefficient (Wildman–Crippen LogP) is 3.92. The Kier molecular flexibility index (Phi) is 5.17. The van der Waals surface area contributed by atoms with Gasteiger partial charge in [-0.25, -0.2) is 4.39 Å². The van der Waals surface area contributed by atoms with Crippen LogP contribution in [0.2, 0.25) is 0 Å². The third-order valence-corrected chi connectivity index (χ3v) is 4.65. The molecule has 1 atom stereocenters. The minimum Gasteiger partial charge on any atom is -0.324 e. The van der Waals surface area contributed by atoms with Crippen molar-refractivity contribution in [3.63, 3.8) is 0 Å². The molecular weight excluding hydrogens is 333 g/mol. The van der Waals surface area contributed by atoms with Crippen molar-refractivity contribution in [1.29, 1.82) is 0 Å². The van der Waals surface area contributed by atoms with E-state index in [2.05, 4.69) is 34.9 Å². The highest BCUT2D eigenvalue weighted by Gasteiger charge is 2.18. The molecule has 2 rings (SSSR count). The fourth-order valence-corrected chi connectivity index (χ4v) is 3.31. The van der Waals surface area contributed by atoms with Crippen molar-refractivity contribution in [3.05, 3.63) is 51.0 Å². The lowest BCUT2D eigenvalue weighted by Gasteiger charge is -2.16. The summed E-state index contributed by atoms with van der Waals surface area (Å²) in [6.45, 7) is 6.85. The van der Waals surface area contributed by atoms with Crippen molar-refractivity contribution in [3.8, 4) is 0 Å². The first-order valence-corrected chi connectivity index (χ1v) is 8.02. The first-order valence-electron chi connectivity index (χ1n) is 7.23. The van der Waals surface area contributed by atoms with Crippen molar-refractivity contribution in [1.82, 2.24) is 9.78 Å². The zero-order valence-corrected chi connectivity index (χ0v) is 14.2. The average Bonchev–Trinajstić information content (AvgIpc) is 2.75. The lowest BCUT2D eigenvalue weighted by molar-refractivity contribution is 0.581. The van der Waals surface area contributed by atoms with Crippen LogP contribution < -0.4 is 5.73 Å². The van der Waals surface area contributed by atoms with Crippen LogP contribution in [0.1, 0.15) is 42.4 Å². The predicted molar refractivity (Wildman–Crippen MR) is 86.7 cm³/mol. The van der Waals surface area contributed by atoms with Crippen LogP contribution in [0.4, 0.5) is 4.39 Å². The van der Waals surface area contributed by atoms with E-state index in [-0.39, 0.29) is 11.9 Å². The van der Waals surface area contributed by atoms with E-state index in [1.165, 1.54) is 12.1 Å². The Morgan fingerprint density at radius 3 is 2.67 bits per heavy atom. The van der Waals surface area contributed by atoms with Crippen molar-refractivity contribution in [2.45, 2.75) is 46.2 Å². The van der Waals surface area contributed by atoms with Gasteiger partial charge >= 0.3 is 0 Å². The Hall–Kier alpha value is -1.20.